The van der Waals surface area contributed by atoms with Crippen molar-refractivity contribution in [1.29, 1.82) is 0 Å². The molecule has 1 aromatic rings. The van der Waals surface area contributed by atoms with Gasteiger partial charge in [-0.15, -0.1) is 23.2 Å². The minimum atomic E-state index is -0.819. The van der Waals surface area contributed by atoms with Crippen molar-refractivity contribution in [1.82, 2.24) is 0 Å². The number of carbonyl (C=O) groups excluding carboxylic acids is 1. The number of rotatable bonds is 5. The molecule has 8 heteroatoms. The normalized spacial score (nSPS) is 22.0. The average Bonchev–Trinajstić information content (AvgIpc) is 2.93. The zero-order chi connectivity index (χ0) is 16.6. The fourth-order valence-electron chi connectivity index (χ4n) is 2.74. The molecule has 6 nitrogen and oxygen atoms in total. The molecule has 0 spiro atoms. The van der Waals surface area contributed by atoms with Crippen molar-refractivity contribution in [2.75, 3.05) is 24.6 Å². The van der Waals surface area contributed by atoms with Crippen molar-refractivity contribution >= 4 is 40.5 Å². The first-order valence-electron chi connectivity index (χ1n) is 7.47. The van der Waals surface area contributed by atoms with Crippen molar-refractivity contribution in [2.24, 2.45) is 5.92 Å². The standard InChI is InChI=1S/C15H16Cl2N2O4/c16-15(17)8-10(15)9-23-14(20)12-7-11(19(21)22)3-4-13(12)18-5-1-2-6-18/h3-4,7,10H,1-2,5-6,8-9H2/t10-/m0/s1. The Balaban J connectivity index is 1.80. The fourth-order valence-corrected chi connectivity index (χ4v) is 3.24. The molecule has 1 saturated carbocycles. The van der Waals surface area contributed by atoms with Crippen molar-refractivity contribution in [2.45, 2.75) is 23.6 Å². The summed E-state index contributed by atoms with van der Waals surface area (Å²) in [5.41, 5.74) is 0.767. The fraction of sp³-hybridized carbons (Fsp3) is 0.533. The molecule has 3 rings (SSSR count). The van der Waals surface area contributed by atoms with E-state index in [4.69, 9.17) is 27.9 Å². The zero-order valence-electron chi connectivity index (χ0n) is 12.3. The van der Waals surface area contributed by atoms with Crippen LogP contribution in [0.3, 0.4) is 0 Å². The van der Waals surface area contributed by atoms with E-state index >= 15 is 0 Å². The van der Waals surface area contributed by atoms with Crippen LogP contribution in [0.4, 0.5) is 11.4 Å². The number of carbonyl (C=O) groups is 1. The molecule has 0 aromatic heterocycles. The van der Waals surface area contributed by atoms with Crippen LogP contribution in [0.1, 0.15) is 29.6 Å². The first-order valence-corrected chi connectivity index (χ1v) is 8.22. The second-order valence-corrected chi connectivity index (χ2v) is 7.46. The van der Waals surface area contributed by atoms with Gasteiger partial charge in [-0.2, -0.15) is 0 Å². The minimum absolute atomic E-state index is 0.0799. The zero-order valence-corrected chi connectivity index (χ0v) is 13.8. The summed E-state index contributed by atoms with van der Waals surface area (Å²) >= 11 is 11.8. The molecule has 2 aliphatic rings. The van der Waals surface area contributed by atoms with Crippen LogP contribution in [-0.2, 0) is 4.74 Å². The van der Waals surface area contributed by atoms with Gasteiger partial charge in [-0.05, 0) is 25.3 Å². The second-order valence-electron chi connectivity index (χ2n) is 5.91. The third-order valence-corrected chi connectivity index (χ3v) is 5.15. The van der Waals surface area contributed by atoms with Gasteiger partial charge in [0.2, 0.25) is 0 Å². The lowest BCUT2D eigenvalue weighted by atomic mass is 10.1. The predicted molar refractivity (Wildman–Crippen MR) is 87.4 cm³/mol. The summed E-state index contributed by atoms with van der Waals surface area (Å²) in [6, 6.07) is 4.30. The summed E-state index contributed by atoms with van der Waals surface area (Å²) in [5.74, 6) is -0.657. The van der Waals surface area contributed by atoms with E-state index in [1.54, 1.807) is 6.07 Å². The second kappa shape index (κ2) is 6.17. The number of halogens is 2. The number of non-ortho nitro benzene ring substituents is 1. The molecule has 1 aromatic carbocycles. The SMILES string of the molecule is O=C(OC[C@@H]1CC1(Cl)Cl)c1cc([N+](=O)[O-])ccc1N1CCCC1. The lowest BCUT2D eigenvalue weighted by molar-refractivity contribution is -0.384. The van der Waals surface area contributed by atoms with E-state index in [0.717, 1.165) is 25.9 Å². The number of alkyl halides is 2. The maximum atomic E-state index is 12.4. The number of ether oxygens (including phenoxy) is 1. The van der Waals surface area contributed by atoms with E-state index in [1.807, 2.05) is 4.90 Å². The van der Waals surface area contributed by atoms with Crippen molar-refractivity contribution in [3.05, 3.63) is 33.9 Å². The number of esters is 1. The molecule has 1 aliphatic carbocycles. The Bertz CT molecular complexity index is 644. The van der Waals surface area contributed by atoms with E-state index in [2.05, 4.69) is 0 Å². The monoisotopic (exact) mass is 358 g/mol. The van der Waals surface area contributed by atoms with Crippen LogP contribution in [0.25, 0.3) is 0 Å². The maximum Gasteiger partial charge on any atom is 0.340 e. The van der Waals surface area contributed by atoms with Crippen LogP contribution in [-0.4, -0.2) is 34.9 Å². The lowest BCUT2D eigenvalue weighted by Gasteiger charge is -2.20. The van der Waals surface area contributed by atoms with Crippen LogP contribution in [0, 0.1) is 16.0 Å². The van der Waals surface area contributed by atoms with Crippen LogP contribution in [0.15, 0.2) is 18.2 Å². The van der Waals surface area contributed by atoms with E-state index in [9.17, 15) is 14.9 Å². The summed E-state index contributed by atoms with van der Waals surface area (Å²) in [4.78, 5) is 24.9. The summed E-state index contributed by atoms with van der Waals surface area (Å²) in [5, 5.41) is 11.0. The largest absolute Gasteiger partial charge is 0.462 e. The van der Waals surface area contributed by atoms with E-state index in [0.29, 0.717) is 12.1 Å². The van der Waals surface area contributed by atoms with Crippen molar-refractivity contribution in [3.63, 3.8) is 0 Å². The van der Waals surface area contributed by atoms with Gasteiger partial charge < -0.3 is 9.64 Å². The smallest absolute Gasteiger partial charge is 0.340 e. The van der Waals surface area contributed by atoms with Gasteiger partial charge in [0.15, 0.2) is 0 Å². The Morgan fingerprint density at radius 3 is 2.61 bits per heavy atom. The molecule has 23 heavy (non-hydrogen) atoms. The van der Waals surface area contributed by atoms with Crippen molar-refractivity contribution in [3.8, 4) is 0 Å². The van der Waals surface area contributed by atoms with Gasteiger partial charge >= 0.3 is 5.97 Å². The molecule has 1 saturated heterocycles. The predicted octanol–water partition coefficient (Wildman–Crippen LogP) is 3.55. The molecule has 0 unspecified atom stereocenters. The Hall–Kier alpha value is -1.53. The maximum absolute atomic E-state index is 12.4. The van der Waals surface area contributed by atoms with Gasteiger partial charge in [0.1, 0.15) is 4.33 Å². The first-order chi connectivity index (χ1) is 10.9. The molecule has 0 amide bonds. The highest BCUT2D eigenvalue weighted by Crippen LogP contribution is 2.53. The molecular formula is C15H16Cl2N2O4. The third-order valence-electron chi connectivity index (χ3n) is 4.23. The Morgan fingerprint density at radius 1 is 1.39 bits per heavy atom. The number of nitro groups is 1. The summed E-state index contributed by atoms with van der Waals surface area (Å²) in [6.45, 7) is 1.77. The molecule has 124 valence electrons. The average molecular weight is 359 g/mol. The number of benzene rings is 1. The number of anilines is 1. The van der Waals surface area contributed by atoms with Gasteiger partial charge in [-0.25, -0.2) is 4.79 Å². The van der Waals surface area contributed by atoms with E-state index in [-0.39, 0.29) is 23.8 Å². The van der Waals surface area contributed by atoms with Gasteiger partial charge in [-0.1, -0.05) is 0 Å². The molecule has 1 heterocycles. The third kappa shape index (κ3) is 3.53. The quantitative estimate of drug-likeness (QED) is 0.348. The molecule has 1 aliphatic heterocycles. The highest BCUT2D eigenvalue weighted by Gasteiger charge is 2.52. The molecular weight excluding hydrogens is 343 g/mol. The van der Waals surface area contributed by atoms with Gasteiger partial charge in [0.05, 0.1) is 22.8 Å². The number of hydrogen-bond acceptors (Lipinski definition) is 5. The summed E-state index contributed by atoms with van der Waals surface area (Å²) in [6.07, 6.45) is 2.65. The van der Waals surface area contributed by atoms with Gasteiger partial charge in [0.25, 0.3) is 5.69 Å². The molecule has 0 N–H and O–H groups in total. The van der Waals surface area contributed by atoms with Crippen molar-refractivity contribution < 1.29 is 14.5 Å². The van der Waals surface area contributed by atoms with Crippen LogP contribution >= 0.6 is 23.2 Å². The highest BCUT2D eigenvalue weighted by atomic mass is 35.5. The highest BCUT2D eigenvalue weighted by molar-refractivity contribution is 6.50. The van der Waals surface area contributed by atoms with Crippen LogP contribution in [0.5, 0.6) is 0 Å². The van der Waals surface area contributed by atoms with E-state index < -0.39 is 15.2 Å². The Labute approximate surface area is 143 Å². The summed E-state index contributed by atoms with van der Waals surface area (Å²) < 4.78 is 4.45. The van der Waals surface area contributed by atoms with Gasteiger partial charge in [0, 0.05) is 31.1 Å². The Kier molecular flexibility index (Phi) is 4.38. The van der Waals surface area contributed by atoms with Gasteiger partial charge in [-0.3, -0.25) is 10.1 Å². The van der Waals surface area contributed by atoms with Crippen LogP contribution in [0.2, 0.25) is 0 Å². The minimum Gasteiger partial charge on any atom is -0.462 e. The lowest BCUT2D eigenvalue weighted by Crippen LogP contribution is -2.22. The summed E-state index contributed by atoms with van der Waals surface area (Å²) in [7, 11) is 0. The first kappa shape index (κ1) is 16.3. The topological polar surface area (TPSA) is 72.7 Å². The van der Waals surface area contributed by atoms with E-state index in [1.165, 1.54) is 12.1 Å². The van der Waals surface area contributed by atoms with Crippen LogP contribution < -0.4 is 4.90 Å². The Morgan fingerprint density at radius 2 is 2.04 bits per heavy atom. The molecule has 0 radical (unpaired) electrons. The molecule has 2 fully saturated rings. The number of nitrogens with zero attached hydrogens (tertiary/aromatic N) is 2. The number of nitro benzene ring substituents is 1. The number of hydrogen-bond donors (Lipinski definition) is 0. The molecule has 0 bridgehead atoms. The molecule has 1 atom stereocenters.